The first-order valence-electron chi connectivity index (χ1n) is 7.52. The molecule has 0 fully saturated rings. The van der Waals surface area contributed by atoms with Crippen LogP contribution in [0.25, 0.3) is 16.8 Å². The quantitative estimate of drug-likeness (QED) is 0.652. The van der Waals surface area contributed by atoms with Crippen LogP contribution in [0.1, 0.15) is 5.56 Å². The van der Waals surface area contributed by atoms with E-state index in [1.54, 1.807) is 19.4 Å². The summed E-state index contributed by atoms with van der Waals surface area (Å²) in [5, 5.41) is 4.56. The molecule has 1 aromatic carbocycles. The van der Waals surface area contributed by atoms with Crippen LogP contribution in [-0.2, 0) is 11.3 Å². The maximum absolute atomic E-state index is 6.41. The van der Waals surface area contributed by atoms with E-state index in [0.717, 1.165) is 28.0 Å². The highest BCUT2D eigenvalue weighted by atomic mass is 35.5. The van der Waals surface area contributed by atoms with Crippen LogP contribution in [0.3, 0.4) is 0 Å². The lowest BCUT2D eigenvalue weighted by molar-refractivity contribution is 0.211. The van der Waals surface area contributed by atoms with Crippen molar-refractivity contribution in [1.29, 1.82) is 0 Å². The highest BCUT2D eigenvalue weighted by Gasteiger charge is 2.17. The molecular formula is C17H18Cl2N4O. The summed E-state index contributed by atoms with van der Waals surface area (Å²) in [7, 11) is 1.67. The Morgan fingerprint density at radius 2 is 2.12 bits per heavy atom. The molecule has 0 bridgehead atoms. The number of hydrogen-bond donors (Lipinski definition) is 2. The summed E-state index contributed by atoms with van der Waals surface area (Å²) in [5.74, 6) is 0. The van der Waals surface area contributed by atoms with E-state index >= 15 is 0 Å². The molecule has 0 saturated heterocycles. The number of ether oxygens (including phenoxy) is 1. The van der Waals surface area contributed by atoms with Gasteiger partial charge >= 0.3 is 0 Å². The van der Waals surface area contributed by atoms with E-state index in [2.05, 4.69) is 10.3 Å². The lowest BCUT2D eigenvalue weighted by Crippen LogP contribution is -2.13. The van der Waals surface area contributed by atoms with Crippen molar-refractivity contribution in [2.24, 2.45) is 5.73 Å². The van der Waals surface area contributed by atoms with Gasteiger partial charge in [-0.2, -0.15) is 0 Å². The Kier molecular flexibility index (Phi) is 5.26. The lowest BCUT2D eigenvalue weighted by atomic mass is 10.00. The maximum Gasteiger partial charge on any atom is 0.160 e. The second-order valence-electron chi connectivity index (χ2n) is 5.30. The molecule has 0 atom stereocenters. The Labute approximate surface area is 150 Å². The van der Waals surface area contributed by atoms with Crippen molar-refractivity contribution in [2.45, 2.75) is 6.54 Å². The second kappa shape index (κ2) is 7.40. The van der Waals surface area contributed by atoms with Gasteiger partial charge in [-0.05, 0) is 12.1 Å². The van der Waals surface area contributed by atoms with Gasteiger partial charge in [0, 0.05) is 65.5 Å². The molecule has 0 aliphatic carbocycles. The maximum atomic E-state index is 6.41. The third-order valence-electron chi connectivity index (χ3n) is 3.82. The van der Waals surface area contributed by atoms with Crippen molar-refractivity contribution >= 4 is 34.5 Å². The molecule has 0 aliphatic heterocycles. The van der Waals surface area contributed by atoms with Crippen LogP contribution in [0.2, 0.25) is 10.0 Å². The summed E-state index contributed by atoms with van der Waals surface area (Å²) in [6.45, 7) is 1.60. The fraction of sp³-hybridized carbons (Fsp3) is 0.235. The molecule has 24 heavy (non-hydrogen) atoms. The van der Waals surface area contributed by atoms with Crippen molar-refractivity contribution in [1.82, 2.24) is 9.38 Å². The Morgan fingerprint density at radius 3 is 2.83 bits per heavy atom. The smallest absolute Gasteiger partial charge is 0.160 e. The summed E-state index contributed by atoms with van der Waals surface area (Å²) < 4.78 is 7.07. The SMILES string of the molecule is COCCNc1c(CN)c(-c2ccc(Cl)cc2Cl)cn2ccnc12. The van der Waals surface area contributed by atoms with Crippen LogP contribution in [0.4, 0.5) is 5.69 Å². The normalized spacial score (nSPS) is 11.2. The molecule has 126 valence electrons. The van der Waals surface area contributed by atoms with Crippen LogP contribution in [0.15, 0.2) is 36.8 Å². The summed E-state index contributed by atoms with van der Waals surface area (Å²) in [4.78, 5) is 4.43. The molecule has 3 N–H and O–H groups in total. The number of nitrogens with two attached hydrogens (primary N) is 1. The highest BCUT2D eigenvalue weighted by molar-refractivity contribution is 6.36. The number of nitrogens with one attached hydrogen (secondary N) is 1. The standard InChI is InChI=1S/C17H18Cl2N4O/c1-24-7-5-21-16-13(9-20)14(10-23-6-4-22-17(16)23)12-3-2-11(18)8-15(12)19/h2-4,6,8,10,21H,5,7,9,20H2,1H3. The largest absolute Gasteiger partial charge is 0.383 e. The molecule has 2 heterocycles. The second-order valence-corrected chi connectivity index (χ2v) is 6.15. The molecule has 3 rings (SSSR count). The predicted molar refractivity (Wildman–Crippen MR) is 98.9 cm³/mol. The molecule has 0 radical (unpaired) electrons. The van der Waals surface area contributed by atoms with Gasteiger partial charge in [0.1, 0.15) is 0 Å². The zero-order valence-corrected chi connectivity index (χ0v) is 14.7. The number of benzene rings is 1. The Bertz CT molecular complexity index is 863. The number of fused-ring (bicyclic) bond motifs is 1. The first kappa shape index (κ1) is 17.0. The van der Waals surface area contributed by atoms with Crippen molar-refractivity contribution in [3.05, 3.63) is 52.4 Å². The average molecular weight is 365 g/mol. The number of anilines is 1. The molecule has 0 spiro atoms. The monoisotopic (exact) mass is 364 g/mol. The van der Waals surface area contributed by atoms with Gasteiger partial charge in [-0.25, -0.2) is 4.98 Å². The number of pyridine rings is 1. The van der Waals surface area contributed by atoms with Crippen LogP contribution >= 0.6 is 23.2 Å². The third-order valence-corrected chi connectivity index (χ3v) is 4.37. The molecule has 0 amide bonds. The van der Waals surface area contributed by atoms with Gasteiger partial charge in [0.2, 0.25) is 0 Å². The molecule has 0 unspecified atom stereocenters. The Hall–Kier alpha value is -1.79. The molecule has 0 aliphatic rings. The number of hydrogen-bond acceptors (Lipinski definition) is 4. The minimum absolute atomic E-state index is 0.354. The van der Waals surface area contributed by atoms with E-state index in [4.69, 9.17) is 33.7 Å². The first-order valence-corrected chi connectivity index (χ1v) is 8.28. The van der Waals surface area contributed by atoms with Crippen molar-refractivity contribution in [2.75, 3.05) is 25.6 Å². The number of imidazole rings is 1. The third kappa shape index (κ3) is 3.21. The molecule has 2 aromatic heterocycles. The summed E-state index contributed by atoms with van der Waals surface area (Å²) in [6, 6.07) is 5.45. The predicted octanol–water partition coefficient (Wildman–Crippen LogP) is 3.83. The van der Waals surface area contributed by atoms with Gasteiger partial charge in [0.05, 0.1) is 12.3 Å². The van der Waals surface area contributed by atoms with Gasteiger partial charge in [-0.3, -0.25) is 0 Å². The van der Waals surface area contributed by atoms with E-state index in [0.29, 0.717) is 29.7 Å². The van der Waals surface area contributed by atoms with Gasteiger partial charge < -0.3 is 20.2 Å². The molecule has 5 nitrogen and oxygen atoms in total. The summed E-state index contributed by atoms with van der Waals surface area (Å²) in [6.07, 6.45) is 5.63. The van der Waals surface area contributed by atoms with E-state index in [1.165, 1.54) is 0 Å². The number of methoxy groups -OCH3 is 1. The average Bonchev–Trinajstić information content (AvgIpc) is 3.03. The zero-order valence-electron chi connectivity index (χ0n) is 13.2. The van der Waals surface area contributed by atoms with Crippen molar-refractivity contribution < 1.29 is 4.74 Å². The van der Waals surface area contributed by atoms with E-state index < -0.39 is 0 Å². The van der Waals surface area contributed by atoms with E-state index in [-0.39, 0.29) is 0 Å². The number of aromatic nitrogens is 2. The van der Waals surface area contributed by atoms with Crippen LogP contribution in [0.5, 0.6) is 0 Å². The van der Waals surface area contributed by atoms with Crippen molar-refractivity contribution in [3.8, 4) is 11.1 Å². The minimum Gasteiger partial charge on any atom is -0.383 e. The minimum atomic E-state index is 0.354. The van der Waals surface area contributed by atoms with Crippen molar-refractivity contribution in [3.63, 3.8) is 0 Å². The topological polar surface area (TPSA) is 64.6 Å². The molecular weight excluding hydrogens is 347 g/mol. The van der Waals surface area contributed by atoms with E-state index in [9.17, 15) is 0 Å². The van der Waals surface area contributed by atoms with Gasteiger partial charge in [0.15, 0.2) is 5.65 Å². The number of halogens is 2. The van der Waals surface area contributed by atoms with E-state index in [1.807, 2.05) is 28.9 Å². The van der Waals surface area contributed by atoms with Gasteiger partial charge in [0.25, 0.3) is 0 Å². The van der Waals surface area contributed by atoms with Gasteiger partial charge in [-0.15, -0.1) is 0 Å². The fourth-order valence-corrected chi connectivity index (χ4v) is 3.22. The number of nitrogens with zero attached hydrogens (tertiary/aromatic N) is 2. The van der Waals surface area contributed by atoms with Crippen LogP contribution in [-0.4, -0.2) is 29.6 Å². The first-order chi connectivity index (χ1) is 11.7. The van der Waals surface area contributed by atoms with Crippen LogP contribution < -0.4 is 11.1 Å². The fourth-order valence-electron chi connectivity index (χ4n) is 2.71. The summed E-state index contributed by atoms with van der Waals surface area (Å²) in [5.41, 5.74) is 10.5. The lowest BCUT2D eigenvalue weighted by Gasteiger charge is -2.17. The molecule has 0 saturated carbocycles. The molecule has 7 heteroatoms. The zero-order chi connectivity index (χ0) is 17.1. The summed E-state index contributed by atoms with van der Waals surface area (Å²) >= 11 is 12.4. The Balaban J connectivity index is 2.19. The van der Waals surface area contributed by atoms with Crippen LogP contribution in [0, 0.1) is 0 Å². The Morgan fingerprint density at radius 1 is 1.29 bits per heavy atom. The number of rotatable bonds is 6. The highest BCUT2D eigenvalue weighted by Crippen LogP contribution is 2.36. The molecule has 3 aromatic rings. The van der Waals surface area contributed by atoms with Gasteiger partial charge in [-0.1, -0.05) is 29.3 Å².